The Morgan fingerprint density at radius 1 is 1.33 bits per heavy atom. The first kappa shape index (κ1) is 15.7. The van der Waals surface area contributed by atoms with Crippen LogP contribution in [0, 0.1) is 0 Å². The van der Waals surface area contributed by atoms with Crippen LogP contribution in [0.1, 0.15) is 22.2 Å². The van der Waals surface area contributed by atoms with Gasteiger partial charge in [-0.2, -0.15) is 12.7 Å². The first-order chi connectivity index (χ1) is 9.81. The monoisotopic (exact) mass is 316 g/mol. The number of rotatable bonds is 5. The number of carboxylic acid groups (broad SMARTS) is 1. The molecule has 0 bridgehead atoms. The highest BCUT2D eigenvalue weighted by Crippen LogP contribution is 2.31. The largest absolute Gasteiger partial charge is 0.478 e. The third-order valence-corrected chi connectivity index (χ3v) is 4.33. The number of aromatic carboxylic acids is 1. The maximum Gasteiger partial charge on any atom is 0.335 e. The van der Waals surface area contributed by atoms with Crippen molar-refractivity contribution in [3.8, 4) is 0 Å². The molecular formula is C12H16N2O6S. The van der Waals surface area contributed by atoms with Gasteiger partial charge in [0.25, 0.3) is 0 Å². The van der Waals surface area contributed by atoms with Crippen molar-refractivity contribution in [2.24, 2.45) is 0 Å². The second kappa shape index (κ2) is 5.98. The first-order valence-electron chi connectivity index (χ1n) is 6.12. The van der Waals surface area contributed by atoms with Gasteiger partial charge in [-0.1, -0.05) is 0 Å². The van der Waals surface area contributed by atoms with E-state index in [1.165, 1.54) is 32.3 Å². The fourth-order valence-corrected chi connectivity index (χ4v) is 2.40. The lowest BCUT2D eigenvalue weighted by molar-refractivity contribution is -0.0435. The average molecular weight is 316 g/mol. The summed E-state index contributed by atoms with van der Waals surface area (Å²) < 4.78 is 37.8. The summed E-state index contributed by atoms with van der Waals surface area (Å²) in [5.41, 5.74) is 0.579. The molecule has 0 aromatic heterocycles. The summed E-state index contributed by atoms with van der Waals surface area (Å²) in [6.07, 6.45) is -0.788. The van der Waals surface area contributed by atoms with Crippen LogP contribution in [0.4, 0.5) is 5.69 Å². The van der Waals surface area contributed by atoms with Crippen LogP contribution >= 0.6 is 0 Å². The van der Waals surface area contributed by atoms with E-state index in [1.807, 2.05) is 0 Å². The van der Waals surface area contributed by atoms with Crippen LogP contribution in [0.2, 0.25) is 0 Å². The summed E-state index contributed by atoms with van der Waals surface area (Å²) in [5, 5.41) is 9.04. The highest BCUT2D eigenvalue weighted by molar-refractivity contribution is 7.90. The molecule has 0 atom stereocenters. The van der Waals surface area contributed by atoms with Gasteiger partial charge in [0, 0.05) is 19.7 Å². The van der Waals surface area contributed by atoms with Crippen molar-refractivity contribution in [1.82, 2.24) is 4.31 Å². The Morgan fingerprint density at radius 2 is 1.95 bits per heavy atom. The van der Waals surface area contributed by atoms with Gasteiger partial charge in [0.2, 0.25) is 0 Å². The summed E-state index contributed by atoms with van der Waals surface area (Å²) in [7, 11) is -0.941. The Morgan fingerprint density at radius 3 is 2.48 bits per heavy atom. The van der Waals surface area contributed by atoms with E-state index in [9.17, 15) is 13.2 Å². The normalized spacial score (nSPS) is 16.3. The van der Waals surface area contributed by atoms with Crippen LogP contribution in [0.25, 0.3) is 0 Å². The molecular weight excluding hydrogens is 300 g/mol. The summed E-state index contributed by atoms with van der Waals surface area (Å²) in [4.78, 5) is 11.0. The number of benzene rings is 1. The highest BCUT2D eigenvalue weighted by Gasteiger charge is 2.25. The predicted octanol–water partition coefficient (Wildman–Crippen LogP) is 0.648. The van der Waals surface area contributed by atoms with Crippen LogP contribution in [0.15, 0.2) is 18.2 Å². The molecule has 0 unspecified atom stereocenters. The second-order valence-corrected chi connectivity index (χ2v) is 6.45. The Balaban J connectivity index is 2.42. The van der Waals surface area contributed by atoms with Crippen molar-refractivity contribution in [2.45, 2.75) is 6.29 Å². The van der Waals surface area contributed by atoms with Crippen LogP contribution in [-0.4, -0.2) is 51.1 Å². The van der Waals surface area contributed by atoms with Crippen molar-refractivity contribution in [3.63, 3.8) is 0 Å². The smallest absolute Gasteiger partial charge is 0.335 e. The first-order valence-corrected chi connectivity index (χ1v) is 7.56. The van der Waals surface area contributed by atoms with Crippen molar-refractivity contribution in [3.05, 3.63) is 29.3 Å². The van der Waals surface area contributed by atoms with Gasteiger partial charge in [-0.05, 0) is 18.2 Å². The molecule has 116 valence electrons. The van der Waals surface area contributed by atoms with E-state index >= 15 is 0 Å². The predicted molar refractivity (Wildman–Crippen MR) is 74.3 cm³/mol. The van der Waals surface area contributed by atoms with E-state index in [4.69, 9.17) is 14.6 Å². The van der Waals surface area contributed by atoms with Crippen molar-refractivity contribution in [2.75, 3.05) is 32.0 Å². The van der Waals surface area contributed by atoms with E-state index < -0.39 is 22.5 Å². The van der Waals surface area contributed by atoms with Gasteiger partial charge >= 0.3 is 16.2 Å². The number of anilines is 1. The van der Waals surface area contributed by atoms with Crippen molar-refractivity contribution >= 4 is 21.9 Å². The summed E-state index contributed by atoms with van der Waals surface area (Å²) in [6.45, 7) is 0.726. The van der Waals surface area contributed by atoms with Crippen LogP contribution in [-0.2, 0) is 19.7 Å². The van der Waals surface area contributed by atoms with Crippen molar-refractivity contribution < 1.29 is 27.8 Å². The number of hydrogen-bond donors (Lipinski definition) is 2. The van der Waals surface area contributed by atoms with E-state index in [0.717, 1.165) is 4.31 Å². The highest BCUT2D eigenvalue weighted by atomic mass is 32.2. The van der Waals surface area contributed by atoms with Gasteiger partial charge in [-0.15, -0.1) is 0 Å². The Labute approximate surface area is 122 Å². The van der Waals surface area contributed by atoms with Gasteiger partial charge < -0.3 is 14.6 Å². The lowest BCUT2D eigenvalue weighted by atomic mass is 10.1. The number of carboxylic acids is 1. The lowest BCUT2D eigenvalue weighted by Gasteiger charge is -2.19. The molecule has 1 saturated heterocycles. The number of nitrogens with one attached hydrogen (secondary N) is 1. The average Bonchev–Trinajstić information content (AvgIpc) is 2.92. The Bertz CT molecular complexity index is 637. The zero-order valence-corrected chi connectivity index (χ0v) is 12.4. The number of nitrogens with zero attached hydrogens (tertiary/aromatic N) is 1. The molecule has 1 heterocycles. The van der Waals surface area contributed by atoms with Gasteiger partial charge in [-0.3, -0.25) is 4.72 Å². The van der Waals surface area contributed by atoms with E-state index in [-0.39, 0.29) is 11.3 Å². The van der Waals surface area contributed by atoms with Gasteiger partial charge in [-0.25, -0.2) is 4.79 Å². The minimum Gasteiger partial charge on any atom is -0.478 e. The number of ether oxygens (including phenoxy) is 2. The second-order valence-electron chi connectivity index (χ2n) is 4.57. The molecule has 0 spiro atoms. The molecule has 1 aromatic carbocycles. The maximum atomic E-state index is 11.9. The van der Waals surface area contributed by atoms with Crippen LogP contribution < -0.4 is 4.72 Å². The Kier molecular flexibility index (Phi) is 4.47. The molecule has 9 heteroatoms. The molecule has 0 saturated carbocycles. The molecule has 1 aliphatic heterocycles. The summed E-state index contributed by atoms with van der Waals surface area (Å²) >= 11 is 0. The fourth-order valence-electron chi connectivity index (χ4n) is 1.75. The minimum atomic E-state index is -3.71. The Hall–Kier alpha value is -1.68. The van der Waals surface area contributed by atoms with E-state index in [1.54, 1.807) is 0 Å². The molecule has 1 aliphatic rings. The molecule has 0 radical (unpaired) electrons. The molecule has 8 nitrogen and oxygen atoms in total. The van der Waals surface area contributed by atoms with E-state index in [2.05, 4.69) is 4.72 Å². The van der Waals surface area contributed by atoms with Crippen LogP contribution in [0.3, 0.4) is 0 Å². The molecule has 0 amide bonds. The van der Waals surface area contributed by atoms with E-state index in [0.29, 0.717) is 18.8 Å². The third kappa shape index (κ3) is 3.50. The zero-order chi connectivity index (χ0) is 15.6. The third-order valence-electron chi connectivity index (χ3n) is 2.89. The number of hydrogen-bond acceptors (Lipinski definition) is 5. The molecule has 1 fully saturated rings. The summed E-state index contributed by atoms with van der Waals surface area (Å²) in [5.74, 6) is -1.11. The minimum absolute atomic E-state index is 0.0249. The SMILES string of the molecule is CN(C)S(=O)(=O)Nc1ccc(C(=O)O)cc1C1OCCO1. The molecule has 1 aromatic rings. The zero-order valence-electron chi connectivity index (χ0n) is 11.6. The maximum absolute atomic E-state index is 11.9. The fraction of sp³-hybridized carbons (Fsp3) is 0.417. The van der Waals surface area contributed by atoms with Crippen molar-refractivity contribution in [1.29, 1.82) is 0 Å². The summed E-state index contributed by atoms with van der Waals surface area (Å²) in [6, 6.07) is 4.03. The number of carbonyl (C=O) groups is 1. The molecule has 21 heavy (non-hydrogen) atoms. The van der Waals surface area contributed by atoms with Gasteiger partial charge in [0.05, 0.1) is 24.5 Å². The molecule has 2 rings (SSSR count). The topological polar surface area (TPSA) is 105 Å². The standard InChI is InChI=1S/C12H16N2O6S/c1-14(2)21(17,18)13-10-4-3-8(11(15)16)7-9(10)12-19-5-6-20-12/h3-4,7,12-13H,5-6H2,1-2H3,(H,15,16). The van der Waals surface area contributed by atoms with Crippen LogP contribution in [0.5, 0.6) is 0 Å². The molecule has 0 aliphatic carbocycles. The lowest BCUT2D eigenvalue weighted by Crippen LogP contribution is -2.29. The quantitative estimate of drug-likeness (QED) is 0.826. The van der Waals surface area contributed by atoms with Gasteiger partial charge in [0.1, 0.15) is 0 Å². The van der Waals surface area contributed by atoms with Gasteiger partial charge in [0.15, 0.2) is 6.29 Å². The molecule has 2 N–H and O–H groups in total.